The molecule has 1 amide bonds. The molecule has 3 heteroatoms. The van der Waals surface area contributed by atoms with Gasteiger partial charge in [-0.3, -0.25) is 4.79 Å². The van der Waals surface area contributed by atoms with Crippen LogP contribution in [0, 0.1) is 0 Å². The lowest BCUT2D eigenvalue weighted by Gasteiger charge is -2.12. The average Bonchev–Trinajstić information content (AvgIpc) is 2.29. The molecule has 0 spiro atoms. The first-order valence-corrected chi connectivity index (χ1v) is 6.16. The lowest BCUT2D eigenvalue weighted by atomic mass is 10.1. The lowest BCUT2D eigenvalue weighted by molar-refractivity contribution is 0.0939. The zero-order chi connectivity index (χ0) is 12.0. The minimum Gasteiger partial charge on any atom is -0.350 e. The molecule has 0 radical (unpaired) electrons. The number of carbonyl (C=O) groups is 1. The summed E-state index contributed by atoms with van der Waals surface area (Å²) in [5.41, 5.74) is 1.95. The van der Waals surface area contributed by atoms with E-state index in [4.69, 9.17) is 11.6 Å². The van der Waals surface area contributed by atoms with E-state index in [0.29, 0.717) is 11.4 Å². The zero-order valence-electron chi connectivity index (χ0n) is 9.79. The molecule has 1 aromatic carbocycles. The summed E-state index contributed by atoms with van der Waals surface area (Å²) in [5.74, 6) is 0.538. The molecule has 0 fully saturated rings. The van der Waals surface area contributed by atoms with Crippen molar-refractivity contribution < 1.29 is 4.79 Å². The van der Waals surface area contributed by atoms with Crippen LogP contribution in [0.5, 0.6) is 0 Å². The van der Waals surface area contributed by atoms with Crippen LogP contribution in [-0.2, 0) is 6.42 Å². The van der Waals surface area contributed by atoms with Gasteiger partial charge >= 0.3 is 0 Å². The molecule has 0 aromatic heterocycles. The van der Waals surface area contributed by atoms with Crippen molar-refractivity contribution in [1.82, 2.24) is 5.32 Å². The Morgan fingerprint density at radius 2 is 2.00 bits per heavy atom. The molecule has 1 aromatic rings. The molecule has 1 rings (SSSR count). The van der Waals surface area contributed by atoms with Crippen molar-refractivity contribution in [2.75, 3.05) is 5.88 Å². The Morgan fingerprint density at radius 1 is 1.38 bits per heavy atom. The number of rotatable bonds is 5. The van der Waals surface area contributed by atoms with E-state index in [2.05, 4.69) is 12.2 Å². The second-order valence-electron chi connectivity index (χ2n) is 3.90. The number of aryl methyl sites for hydroxylation is 1. The molecule has 0 aliphatic rings. The topological polar surface area (TPSA) is 29.1 Å². The number of nitrogens with one attached hydrogen (secondary N) is 1. The molecule has 0 saturated carbocycles. The van der Waals surface area contributed by atoms with Crippen LogP contribution in [0.1, 0.15) is 36.2 Å². The summed E-state index contributed by atoms with van der Waals surface area (Å²) in [6.45, 7) is 4.05. The molecule has 88 valence electrons. The molecule has 1 N–H and O–H groups in total. The van der Waals surface area contributed by atoms with Crippen molar-refractivity contribution in [3.05, 3.63) is 35.4 Å². The van der Waals surface area contributed by atoms with E-state index < -0.39 is 0 Å². The average molecular weight is 240 g/mol. The third-order valence-corrected chi connectivity index (χ3v) is 2.76. The second kappa shape index (κ2) is 6.54. The highest BCUT2D eigenvalue weighted by molar-refractivity contribution is 6.17. The molecule has 0 bridgehead atoms. The van der Waals surface area contributed by atoms with E-state index in [1.165, 1.54) is 5.56 Å². The van der Waals surface area contributed by atoms with Crippen molar-refractivity contribution in [2.45, 2.75) is 32.7 Å². The largest absolute Gasteiger partial charge is 0.350 e. The van der Waals surface area contributed by atoms with Crippen LogP contribution < -0.4 is 5.32 Å². The molecule has 0 saturated heterocycles. The summed E-state index contributed by atoms with van der Waals surface area (Å²) >= 11 is 5.61. The van der Waals surface area contributed by atoms with Crippen LogP contribution in [0.3, 0.4) is 0 Å². The van der Waals surface area contributed by atoms with Crippen LogP contribution in [0.2, 0.25) is 0 Å². The predicted molar refractivity (Wildman–Crippen MR) is 68.1 cm³/mol. The van der Waals surface area contributed by atoms with E-state index in [0.717, 1.165) is 12.8 Å². The van der Waals surface area contributed by atoms with Gasteiger partial charge in [0.05, 0.1) is 0 Å². The Hall–Kier alpha value is -1.02. The highest BCUT2D eigenvalue weighted by Gasteiger charge is 2.08. The van der Waals surface area contributed by atoms with Crippen LogP contribution in [-0.4, -0.2) is 17.8 Å². The van der Waals surface area contributed by atoms with Crippen molar-refractivity contribution >= 4 is 17.5 Å². The Labute approximate surface area is 102 Å². The maximum atomic E-state index is 11.8. The van der Waals surface area contributed by atoms with Gasteiger partial charge in [-0.2, -0.15) is 0 Å². The van der Waals surface area contributed by atoms with E-state index in [9.17, 15) is 4.79 Å². The fourth-order valence-electron chi connectivity index (χ4n) is 1.43. The SMILES string of the molecule is CCc1ccc(C(=O)NC(C)CCCl)cc1. The van der Waals surface area contributed by atoms with Gasteiger partial charge in [0.2, 0.25) is 0 Å². The van der Waals surface area contributed by atoms with Gasteiger partial charge < -0.3 is 5.32 Å². The highest BCUT2D eigenvalue weighted by Crippen LogP contribution is 2.05. The first kappa shape index (κ1) is 13.0. The van der Waals surface area contributed by atoms with Crippen molar-refractivity contribution in [2.24, 2.45) is 0 Å². The fourth-order valence-corrected chi connectivity index (χ4v) is 1.76. The van der Waals surface area contributed by atoms with Crippen LogP contribution >= 0.6 is 11.6 Å². The third-order valence-electron chi connectivity index (χ3n) is 2.54. The van der Waals surface area contributed by atoms with E-state index in [-0.39, 0.29) is 11.9 Å². The van der Waals surface area contributed by atoms with Gasteiger partial charge in [-0.25, -0.2) is 0 Å². The second-order valence-corrected chi connectivity index (χ2v) is 4.28. The van der Waals surface area contributed by atoms with Crippen LogP contribution in [0.15, 0.2) is 24.3 Å². The lowest BCUT2D eigenvalue weighted by Crippen LogP contribution is -2.32. The quantitative estimate of drug-likeness (QED) is 0.787. The smallest absolute Gasteiger partial charge is 0.251 e. The van der Waals surface area contributed by atoms with Gasteiger partial charge in [-0.05, 0) is 37.5 Å². The van der Waals surface area contributed by atoms with Gasteiger partial charge in [0, 0.05) is 17.5 Å². The monoisotopic (exact) mass is 239 g/mol. The van der Waals surface area contributed by atoms with Gasteiger partial charge in [-0.15, -0.1) is 11.6 Å². The number of halogens is 1. The molecule has 0 aliphatic heterocycles. The maximum Gasteiger partial charge on any atom is 0.251 e. The first-order valence-electron chi connectivity index (χ1n) is 5.63. The van der Waals surface area contributed by atoms with Crippen molar-refractivity contribution in [3.63, 3.8) is 0 Å². The Balaban J connectivity index is 2.59. The minimum absolute atomic E-state index is 0.0275. The number of alkyl halides is 1. The number of amides is 1. The minimum atomic E-state index is -0.0275. The van der Waals surface area contributed by atoms with Gasteiger partial charge in [0.15, 0.2) is 0 Å². The summed E-state index contributed by atoms with van der Waals surface area (Å²) in [6, 6.07) is 7.82. The van der Waals surface area contributed by atoms with Gasteiger partial charge in [0.1, 0.15) is 0 Å². The van der Waals surface area contributed by atoms with Crippen LogP contribution in [0.25, 0.3) is 0 Å². The number of benzene rings is 1. The standard InChI is InChI=1S/C13H18ClNO/c1-3-11-4-6-12(7-5-11)13(16)15-10(2)8-9-14/h4-7,10H,3,8-9H2,1-2H3,(H,15,16). The molecular weight excluding hydrogens is 222 g/mol. The summed E-state index contributed by atoms with van der Waals surface area (Å²) in [6.07, 6.45) is 1.78. The maximum absolute atomic E-state index is 11.8. The predicted octanol–water partition coefficient (Wildman–Crippen LogP) is 3.00. The Bertz CT molecular complexity index is 334. The van der Waals surface area contributed by atoms with Gasteiger partial charge in [-0.1, -0.05) is 19.1 Å². The normalized spacial score (nSPS) is 12.2. The van der Waals surface area contributed by atoms with Gasteiger partial charge in [0.25, 0.3) is 5.91 Å². The fraction of sp³-hybridized carbons (Fsp3) is 0.462. The number of hydrogen-bond acceptors (Lipinski definition) is 1. The Kier molecular flexibility index (Phi) is 5.33. The Morgan fingerprint density at radius 3 is 2.50 bits per heavy atom. The zero-order valence-corrected chi connectivity index (χ0v) is 10.6. The molecule has 0 aliphatic carbocycles. The highest BCUT2D eigenvalue weighted by atomic mass is 35.5. The molecule has 1 unspecified atom stereocenters. The third kappa shape index (κ3) is 3.86. The van der Waals surface area contributed by atoms with E-state index in [1.54, 1.807) is 0 Å². The number of hydrogen-bond donors (Lipinski definition) is 1. The summed E-state index contributed by atoms with van der Waals surface area (Å²) in [4.78, 5) is 11.8. The molecule has 2 nitrogen and oxygen atoms in total. The molecule has 16 heavy (non-hydrogen) atoms. The molecule has 0 heterocycles. The van der Waals surface area contributed by atoms with E-state index in [1.807, 2.05) is 31.2 Å². The van der Waals surface area contributed by atoms with Crippen LogP contribution in [0.4, 0.5) is 0 Å². The van der Waals surface area contributed by atoms with Crippen molar-refractivity contribution in [3.8, 4) is 0 Å². The summed E-state index contributed by atoms with van der Waals surface area (Å²) < 4.78 is 0. The summed E-state index contributed by atoms with van der Waals surface area (Å²) in [5, 5.41) is 2.91. The first-order chi connectivity index (χ1) is 7.67. The molecular formula is C13H18ClNO. The van der Waals surface area contributed by atoms with Crippen molar-refractivity contribution in [1.29, 1.82) is 0 Å². The summed E-state index contributed by atoms with van der Waals surface area (Å²) in [7, 11) is 0. The molecule has 1 atom stereocenters. The van der Waals surface area contributed by atoms with E-state index >= 15 is 0 Å². The number of carbonyl (C=O) groups excluding carboxylic acids is 1.